The standard InChI is InChI=1S/Ca.Sc.H4Si.Sn.4H/h;;1H4;;;;;. The van der Waals surface area contributed by atoms with Crippen LogP contribution in [0.25, 0.3) is 0 Å². The van der Waals surface area contributed by atoms with Gasteiger partial charge in [-0.25, -0.2) is 0 Å². The average Bonchev–Trinajstić information content (AvgIpc) is 0. The first-order valence-corrected chi connectivity index (χ1v) is 0. The third-order valence-electron chi connectivity index (χ3n) is 0. The van der Waals surface area contributed by atoms with Crippen LogP contribution in [0.15, 0.2) is 0 Å². The summed E-state index contributed by atoms with van der Waals surface area (Å²) < 4.78 is 0. The van der Waals surface area contributed by atoms with Crippen LogP contribution in [0.5, 0.6) is 0 Å². The molecule has 0 aromatic heterocycles. The summed E-state index contributed by atoms with van der Waals surface area (Å²) in [6.45, 7) is 0. The Morgan fingerprint density at radius 2 is 1.00 bits per heavy atom. The van der Waals surface area contributed by atoms with Gasteiger partial charge in [0.15, 0.2) is 0 Å². The fourth-order valence-corrected chi connectivity index (χ4v) is 0. The molecule has 21 valence electrons. The van der Waals surface area contributed by atoms with Gasteiger partial charge in [-0.15, -0.1) is 0 Å². The van der Waals surface area contributed by atoms with Crippen LogP contribution in [0.1, 0.15) is 0 Å². The maximum atomic E-state index is 0. The van der Waals surface area contributed by atoms with Crippen LogP contribution in [0.2, 0.25) is 0 Å². The molecule has 4 heavy (non-hydrogen) atoms. The van der Waals surface area contributed by atoms with E-state index in [1.54, 1.807) is 0 Å². The van der Waals surface area contributed by atoms with Gasteiger partial charge < -0.3 is 0 Å². The van der Waals surface area contributed by atoms with E-state index in [9.17, 15) is 0 Å². The van der Waals surface area contributed by atoms with E-state index in [0.717, 1.165) is 0 Å². The molecule has 0 aromatic carbocycles. The molecule has 0 saturated heterocycles. The zero-order chi connectivity index (χ0) is 0. The van der Waals surface area contributed by atoms with Crippen molar-refractivity contribution in [3.8, 4) is 0 Å². The fourth-order valence-electron chi connectivity index (χ4n) is 0. The zero-order valence-corrected chi connectivity index (χ0v) is 7.12. The number of rotatable bonds is 0. The summed E-state index contributed by atoms with van der Waals surface area (Å²) in [5.41, 5.74) is 0. The molecule has 0 unspecified atom stereocenters. The predicted octanol–water partition coefficient (Wildman–Crippen LogP) is -3.29. The van der Waals surface area contributed by atoms with Crippen LogP contribution < -0.4 is 0 Å². The number of hydrogen-bond donors (Lipinski definition) is 0. The summed E-state index contributed by atoms with van der Waals surface area (Å²) in [5.74, 6) is 0. The second-order valence-corrected chi connectivity index (χ2v) is 0. The fraction of sp³-hybridized carbons (Fsp3) is 0. The predicted molar refractivity (Wildman–Crippen MR) is 28.4 cm³/mol. The van der Waals surface area contributed by atoms with Crippen molar-refractivity contribution in [2.45, 2.75) is 0 Å². The van der Waals surface area contributed by atoms with Gasteiger partial charge in [-0.3, -0.25) is 0 Å². The van der Waals surface area contributed by atoms with Crippen molar-refractivity contribution >= 4 is 72.6 Å². The quantitative estimate of drug-likeness (QED) is 0.389. The molecule has 0 heterocycles. The first-order chi connectivity index (χ1) is 0. The van der Waals surface area contributed by atoms with Crippen molar-refractivity contribution in [3.63, 3.8) is 0 Å². The molecule has 0 bridgehead atoms. The minimum atomic E-state index is 0. The summed E-state index contributed by atoms with van der Waals surface area (Å²) in [6.07, 6.45) is 0. The van der Waals surface area contributed by atoms with Gasteiger partial charge in [0, 0.05) is 25.8 Å². The normalized spacial score (nSPS) is 0. The van der Waals surface area contributed by atoms with Gasteiger partial charge in [-0.05, 0) is 11.0 Å². The van der Waals surface area contributed by atoms with Crippen LogP contribution in [-0.2, 0) is 25.8 Å². The van der Waals surface area contributed by atoms with Gasteiger partial charge in [0.1, 0.15) is 0 Å². The Balaban J connectivity index is 0. The summed E-state index contributed by atoms with van der Waals surface area (Å²) in [6, 6.07) is 0. The van der Waals surface area contributed by atoms with Crippen LogP contribution in [0, 0.1) is 0 Å². The Morgan fingerprint density at radius 1 is 1.00 bits per heavy atom. The topological polar surface area (TPSA) is 0 Å². The summed E-state index contributed by atoms with van der Waals surface area (Å²) in [5, 5.41) is 0. The summed E-state index contributed by atoms with van der Waals surface area (Å²) >= 11 is 0. The Labute approximate surface area is 96.2 Å². The van der Waals surface area contributed by atoms with Gasteiger partial charge in [0.25, 0.3) is 0 Å². The van der Waals surface area contributed by atoms with Gasteiger partial charge in [0.2, 0.25) is 0 Å². The van der Waals surface area contributed by atoms with E-state index in [2.05, 4.69) is 0 Å². The van der Waals surface area contributed by atoms with E-state index >= 15 is 0 Å². The Kier molecular flexibility index (Phi) is 112. The van der Waals surface area contributed by atoms with Crippen LogP contribution >= 0.6 is 0 Å². The van der Waals surface area contributed by atoms with E-state index in [1.807, 2.05) is 0 Å². The third-order valence-corrected chi connectivity index (χ3v) is 0. The van der Waals surface area contributed by atoms with Crippen molar-refractivity contribution < 1.29 is 25.8 Å². The molecule has 0 atom stereocenters. The molecular weight excluding hydrogens is 232 g/mol. The monoisotopic (exact) mass is 241 g/mol. The van der Waals surface area contributed by atoms with Gasteiger partial charge in [0.05, 0.1) is 0 Å². The van der Waals surface area contributed by atoms with Crippen molar-refractivity contribution in [2.75, 3.05) is 0 Å². The molecule has 0 nitrogen and oxygen atoms in total. The van der Waals surface area contributed by atoms with Crippen molar-refractivity contribution in [3.05, 3.63) is 0 Å². The Morgan fingerprint density at radius 3 is 1.00 bits per heavy atom. The zero-order valence-electron chi connectivity index (χ0n) is 1.28. The minimum absolute atomic E-state index is 0. The Hall–Kier alpha value is 3.15. The van der Waals surface area contributed by atoms with Gasteiger partial charge >= 0.3 is 61.6 Å². The Bertz CT molecular complexity index is 8.00. The van der Waals surface area contributed by atoms with Crippen molar-refractivity contribution in [1.29, 1.82) is 0 Å². The van der Waals surface area contributed by atoms with Gasteiger partial charge in [-0.1, -0.05) is 0 Å². The molecule has 0 aliphatic rings. The van der Waals surface area contributed by atoms with Gasteiger partial charge in [-0.2, -0.15) is 0 Å². The molecule has 0 aliphatic carbocycles. The number of hydrogen-bond acceptors (Lipinski definition) is 0. The second-order valence-electron chi connectivity index (χ2n) is 0. The third kappa shape index (κ3) is 8.94. The maximum absolute atomic E-state index is 0. The molecule has 0 aromatic rings. The molecule has 4 heteroatoms. The molecule has 0 fully saturated rings. The second kappa shape index (κ2) is 16.4. The first kappa shape index (κ1) is 27.3. The van der Waals surface area contributed by atoms with Crippen molar-refractivity contribution in [1.82, 2.24) is 0 Å². The van der Waals surface area contributed by atoms with Crippen LogP contribution in [-0.4, -0.2) is 72.6 Å². The van der Waals surface area contributed by atoms with Crippen LogP contribution in [0.3, 0.4) is 0 Å². The summed E-state index contributed by atoms with van der Waals surface area (Å²) in [7, 11) is 0. The average molecular weight is 240 g/mol. The van der Waals surface area contributed by atoms with E-state index < -0.39 is 0 Å². The molecular formula is H8CaScSiSn. The SMILES string of the molecule is [CaH2].[Sc].[SiH4].[SnH2]. The molecule has 0 amide bonds. The molecule has 0 N–H and O–H groups in total. The molecule has 3 radical (unpaired) electrons. The summed E-state index contributed by atoms with van der Waals surface area (Å²) in [4.78, 5) is 0. The molecule has 0 saturated carbocycles. The van der Waals surface area contributed by atoms with Crippen LogP contribution in [0.4, 0.5) is 0 Å². The van der Waals surface area contributed by atoms with E-state index in [4.69, 9.17) is 0 Å². The van der Waals surface area contributed by atoms with E-state index in [1.165, 1.54) is 0 Å². The van der Waals surface area contributed by atoms with E-state index in [0.29, 0.717) is 0 Å². The molecule has 0 aliphatic heterocycles. The molecule has 0 spiro atoms. The van der Waals surface area contributed by atoms with Crippen molar-refractivity contribution in [2.24, 2.45) is 0 Å². The molecule has 0 rings (SSSR count). The van der Waals surface area contributed by atoms with E-state index in [-0.39, 0.29) is 98.5 Å². The first-order valence-electron chi connectivity index (χ1n) is 0.